The molecule has 6 heteroatoms. The summed E-state index contributed by atoms with van der Waals surface area (Å²) in [5, 5.41) is 16.1. The number of anilines is 1. The van der Waals surface area contributed by atoms with E-state index in [0.717, 1.165) is 36.9 Å². The molecule has 2 amide bonds. The third kappa shape index (κ3) is 4.33. The highest BCUT2D eigenvalue weighted by molar-refractivity contribution is 7.13. The maximum atomic E-state index is 12.7. The molecule has 1 aromatic heterocycles. The lowest BCUT2D eigenvalue weighted by Crippen LogP contribution is -2.45. The molecule has 2 N–H and O–H groups in total. The quantitative estimate of drug-likeness (QED) is 0.866. The highest BCUT2D eigenvalue weighted by atomic mass is 32.1. The van der Waals surface area contributed by atoms with Gasteiger partial charge in [0.15, 0.2) is 5.13 Å². The predicted octanol–water partition coefficient (Wildman–Crippen LogP) is 3.79. The van der Waals surface area contributed by atoms with Crippen LogP contribution in [0.2, 0.25) is 0 Å². The molecular formula is C18H23N3O2S. The van der Waals surface area contributed by atoms with Crippen molar-refractivity contribution in [2.24, 2.45) is 0 Å². The Bertz CT molecular complexity index is 681. The number of thiazole rings is 1. The first-order valence-corrected chi connectivity index (χ1v) is 9.16. The van der Waals surface area contributed by atoms with Gasteiger partial charge in [0.1, 0.15) is 0 Å². The summed E-state index contributed by atoms with van der Waals surface area (Å²) in [6, 6.07) is 9.64. The van der Waals surface area contributed by atoms with Gasteiger partial charge in [0.25, 0.3) is 0 Å². The zero-order valence-electron chi connectivity index (χ0n) is 13.9. The molecule has 0 bridgehead atoms. The number of carbonyl (C=O) groups is 1. The molecule has 0 unspecified atom stereocenters. The van der Waals surface area contributed by atoms with Crippen molar-refractivity contribution in [3.8, 4) is 0 Å². The van der Waals surface area contributed by atoms with Crippen molar-refractivity contribution in [2.75, 3.05) is 11.9 Å². The number of urea groups is 1. The lowest BCUT2D eigenvalue weighted by atomic mass is 10.0. The van der Waals surface area contributed by atoms with E-state index in [1.54, 1.807) is 4.90 Å². The molecule has 2 aromatic rings. The Labute approximate surface area is 146 Å². The fourth-order valence-corrected chi connectivity index (χ4v) is 3.81. The van der Waals surface area contributed by atoms with Crippen LogP contribution in [0.4, 0.5) is 9.93 Å². The van der Waals surface area contributed by atoms with E-state index in [4.69, 9.17) is 0 Å². The van der Waals surface area contributed by atoms with Gasteiger partial charge in [0.2, 0.25) is 0 Å². The van der Waals surface area contributed by atoms with Crippen molar-refractivity contribution in [2.45, 2.75) is 44.8 Å². The zero-order valence-corrected chi connectivity index (χ0v) is 14.7. The van der Waals surface area contributed by atoms with Crippen molar-refractivity contribution in [1.82, 2.24) is 9.88 Å². The Morgan fingerprint density at radius 1 is 1.33 bits per heavy atom. The van der Waals surface area contributed by atoms with Crippen LogP contribution < -0.4 is 5.32 Å². The number of nitrogens with zero attached hydrogens (tertiary/aromatic N) is 2. The number of amides is 2. The number of benzene rings is 1. The molecule has 1 saturated carbocycles. The maximum Gasteiger partial charge on any atom is 0.324 e. The average Bonchev–Trinajstić information content (AvgIpc) is 3.16. The van der Waals surface area contributed by atoms with Gasteiger partial charge in [-0.05, 0) is 25.3 Å². The lowest BCUT2D eigenvalue weighted by Gasteiger charge is -2.31. The third-order valence-electron chi connectivity index (χ3n) is 4.36. The van der Waals surface area contributed by atoms with Gasteiger partial charge in [-0.15, -0.1) is 11.3 Å². The molecule has 0 atom stereocenters. The van der Waals surface area contributed by atoms with Gasteiger partial charge >= 0.3 is 6.03 Å². The van der Waals surface area contributed by atoms with E-state index < -0.39 is 5.60 Å². The summed E-state index contributed by atoms with van der Waals surface area (Å²) in [5.74, 6) is 0. The summed E-state index contributed by atoms with van der Waals surface area (Å²) in [6.07, 6.45) is 3.54. The Morgan fingerprint density at radius 2 is 2.04 bits per heavy atom. The van der Waals surface area contributed by atoms with Crippen molar-refractivity contribution in [1.29, 1.82) is 0 Å². The molecule has 1 heterocycles. The van der Waals surface area contributed by atoms with Crippen LogP contribution in [0.25, 0.3) is 0 Å². The summed E-state index contributed by atoms with van der Waals surface area (Å²) in [5.41, 5.74) is 1.16. The molecule has 1 aromatic carbocycles. The van der Waals surface area contributed by atoms with Gasteiger partial charge in [-0.25, -0.2) is 9.78 Å². The van der Waals surface area contributed by atoms with Crippen LogP contribution in [-0.4, -0.2) is 33.2 Å². The van der Waals surface area contributed by atoms with Crippen molar-refractivity contribution >= 4 is 22.5 Å². The SMILES string of the molecule is Cc1csc(NC(=O)N(Cc2ccccc2)CC2(O)CCCC2)n1. The highest BCUT2D eigenvalue weighted by Crippen LogP contribution is 2.31. The summed E-state index contributed by atoms with van der Waals surface area (Å²) >= 11 is 1.41. The molecule has 0 saturated heterocycles. The fraction of sp³-hybridized carbons (Fsp3) is 0.444. The summed E-state index contributed by atoms with van der Waals surface area (Å²) in [4.78, 5) is 18.7. The molecule has 1 fully saturated rings. The van der Waals surface area contributed by atoms with Crippen molar-refractivity contribution in [3.63, 3.8) is 0 Å². The van der Waals surface area contributed by atoms with E-state index in [1.165, 1.54) is 11.3 Å². The van der Waals surface area contributed by atoms with Gasteiger partial charge in [-0.2, -0.15) is 0 Å². The van der Waals surface area contributed by atoms with Gasteiger partial charge in [-0.3, -0.25) is 5.32 Å². The second kappa shape index (κ2) is 7.32. The van der Waals surface area contributed by atoms with E-state index in [2.05, 4.69) is 10.3 Å². The van der Waals surface area contributed by atoms with E-state index in [-0.39, 0.29) is 6.03 Å². The van der Waals surface area contributed by atoms with Gasteiger partial charge < -0.3 is 10.0 Å². The average molecular weight is 345 g/mol. The lowest BCUT2D eigenvalue weighted by molar-refractivity contribution is 0.0192. The number of hydrogen-bond acceptors (Lipinski definition) is 4. The smallest absolute Gasteiger partial charge is 0.324 e. The molecule has 24 heavy (non-hydrogen) atoms. The molecule has 5 nitrogen and oxygen atoms in total. The second-order valence-corrected chi connectivity index (χ2v) is 7.36. The number of aliphatic hydroxyl groups is 1. The van der Waals surface area contributed by atoms with E-state index in [1.807, 2.05) is 42.6 Å². The first-order chi connectivity index (χ1) is 11.5. The zero-order chi connectivity index (χ0) is 17.0. The van der Waals surface area contributed by atoms with E-state index in [9.17, 15) is 9.90 Å². The first-order valence-electron chi connectivity index (χ1n) is 8.28. The highest BCUT2D eigenvalue weighted by Gasteiger charge is 2.34. The number of carbonyl (C=O) groups excluding carboxylic acids is 1. The van der Waals surface area contributed by atoms with Crippen molar-refractivity contribution < 1.29 is 9.90 Å². The molecule has 0 spiro atoms. The predicted molar refractivity (Wildman–Crippen MR) is 96.1 cm³/mol. The molecular weight excluding hydrogens is 322 g/mol. The summed E-state index contributed by atoms with van der Waals surface area (Å²) in [7, 11) is 0. The van der Waals surface area contributed by atoms with E-state index in [0.29, 0.717) is 18.2 Å². The van der Waals surface area contributed by atoms with Crippen LogP contribution in [-0.2, 0) is 6.54 Å². The minimum Gasteiger partial charge on any atom is -0.388 e. The normalized spacial score (nSPS) is 16.1. The number of rotatable bonds is 5. The van der Waals surface area contributed by atoms with Crippen LogP contribution in [0.3, 0.4) is 0 Å². The van der Waals surface area contributed by atoms with Crippen LogP contribution >= 0.6 is 11.3 Å². The minimum atomic E-state index is -0.773. The number of aromatic nitrogens is 1. The van der Waals surface area contributed by atoms with Gasteiger partial charge in [-0.1, -0.05) is 43.2 Å². The van der Waals surface area contributed by atoms with Gasteiger partial charge in [0, 0.05) is 11.9 Å². The summed E-state index contributed by atoms with van der Waals surface area (Å²) in [6.45, 7) is 2.71. The Morgan fingerprint density at radius 3 is 2.67 bits per heavy atom. The first kappa shape index (κ1) is 16.9. The van der Waals surface area contributed by atoms with Crippen LogP contribution in [0.1, 0.15) is 36.9 Å². The summed E-state index contributed by atoms with van der Waals surface area (Å²) < 4.78 is 0. The van der Waals surface area contributed by atoms with Crippen LogP contribution in [0.5, 0.6) is 0 Å². The third-order valence-corrected chi connectivity index (χ3v) is 5.23. The molecule has 0 aliphatic heterocycles. The van der Waals surface area contributed by atoms with Crippen LogP contribution in [0, 0.1) is 6.92 Å². The Hall–Kier alpha value is -1.92. The van der Waals surface area contributed by atoms with Crippen molar-refractivity contribution in [3.05, 3.63) is 47.0 Å². The Balaban J connectivity index is 1.73. The minimum absolute atomic E-state index is 0.214. The molecule has 1 aliphatic rings. The second-order valence-electron chi connectivity index (χ2n) is 6.50. The molecule has 3 rings (SSSR count). The Kier molecular flexibility index (Phi) is 5.16. The number of aryl methyl sites for hydroxylation is 1. The number of nitrogens with one attached hydrogen (secondary N) is 1. The van der Waals surface area contributed by atoms with E-state index >= 15 is 0 Å². The number of hydrogen-bond donors (Lipinski definition) is 2. The maximum absolute atomic E-state index is 12.7. The molecule has 0 radical (unpaired) electrons. The largest absolute Gasteiger partial charge is 0.388 e. The van der Waals surface area contributed by atoms with Gasteiger partial charge in [0.05, 0.1) is 17.8 Å². The molecule has 1 aliphatic carbocycles. The monoisotopic (exact) mass is 345 g/mol. The topological polar surface area (TPSA) is 65.5 Å². The molecule has 128 valence electrons. The fourth-order valence-electron chi connectivity index (χ4n) is 3.13. The standard InChI is InChI=1S/C18H23N3O2S/c1-14-12-24-16(19-14)20-17(22)21(11-15-7-3-2-4-8-15)13-18(23)9-5-6-10-18/h2-4,7-8,12,23H,5-6,9-11,13H2,1H3,(H,19,20,22). The van der Waals surface area contributed by atoms with Crippen LogP contribution in [0.15, 0.2) is 35.7 Å².